The number of ether oxygens (including phenoxy) is 1. The van der Waals surface area contributed by atoms with Gasteiger partial charge in [0, 0.05) is 9.79 Å². The maximum atomic E-state index is 12.3. The molecule has 0 bridgehead atoms. The van der Waals surface area contributed by atoms with E-state index in [9.17, 15) is 8.78 Å². The van der Waals surface area contributed by atoms with Gasteiger partial charge in [-0.2, -0.15) is 8.78 Å². The lowest BCUT2D eigenvalue weighted by Crippen LogP contribution is -2.19. The van der Waals surface area contributed by atoms with Gasteiger partial charge in [-0.3, -0.25) is 0 Å². The minimum Gasteiger partial charge on any atom is -0.435 e. The smallest absolute Gasteiger partial charge is 0.387 e. The highest BCUT2D eigenvalue weighted by molar-refractivity contribution is 7.99. The molecular weight excluding hydrogens is 398 g/mol. The molecule has 3 aromatic carbocycles. The van der Waals surface area contributed by atoms with Gasteiger partial charge in [0.1, 0.15) is 5.75 Å². The lowest BCUT2D eigenvalue weighted by Gasteiger charge is -2.24. The zero-order chi connectivity index (χ0) is 21.4. The van der Waals surface area contributed by atoms with Gasteiger partial charge in [0.25, 0.3) is 0 Å². The van der Waals surface area contributed by atoms with Gasteiger partial charge >= 0.3 is 6.61 Å². The summed E-state index contributed by atoms with van der Waals surface area (Å²) in [6.07, 6.45) is 8.49. The molecule has 0 fully saturated rings. The Balaban J connectivity index is 1.60. The van der Waals surface area contributed by atoms with Crippen molar-refractivity contribution in [2.24, 2.45) is 0 Å². The van der Waals surface area contributed by atoms with Crippen molar-refractivity contribution in [1.82, 2.24) is 0 Å². The van der Waals surface area contributed by atoms with Crippen molar-refractivity contribution in [1.29, 1.82) is 0 Å². The summed E-state index contributed by atoms with van der Waals surface area (Å²) in [6, 6.07) is 25.5. The molecule has 30 heavy (non-hydrogen) atoms. The first-order valence-electron chi connectivity index (χ1n) is 9.83. The summed E-state index contributed by atoms with van der Waals surface area (Å²) >= 11 is 1.75. The summed E-state index contributed by atoms with van der Waals surface area (Å²) < 4.78 is 29.1. The molecule has 0 saturated heterocycles. The molecule has 0 aliphatic rings. The fourth-order valence-corrected chi connectivity index (χ4v) is 4.26. The van der Waals surface area contributed by atoms with E-state index in [-0.39, 0.29) is 5.75 Å². The van der Waals surface area contributed by atoms with Gasteiger partial charge in [-0.25, -0.2) is 0 Å². The van der Waals surface area contributed by atoms with Crippen LogP contribution in [0.3, 0.4) is 0 Å². The number of halogens is 2. The van der Waals surface area contributed by atoms with Gasteiger partial charge in [0.05, 0.1) is 5.41 Å². The molecular formula is C26H24F2OS. The number of rotatable bonds is 9. The van der Waals surface area contributed by atoms with Gasteiger partial charge < -0.3 is 4.74 Å². The summed E-state index contributed by atoms with van der Waals surface area (Å²) in [5.74, 6) is 3.03. The number of hydrogen-bond acceptors (Lipinski definition) is 2. The second-order valence-corrected chi connectivity index (χ2v) is 8.44. The summed E-state index contributed by atoms with van der Waals surface area (Å²) in [4.78, 5) is 2.43. The molecule has 0 amide bonds. The molecule has 0 radical (unpaired) electrons. The van der Waals surface area contributed by atoms with Crippen LogP contribution in [0.4, 0.5) is 8.78 Å². The number of terminal acetylenes is 1. The number of aryl methyl sites for hydroxylation is 1. The first-order valence-corrected chi connectivity index (χ1v) is 10.7. The second-order valence-electron chi connectivity index (χ2n) is 7.30. The minimum absolute atomic E-state index is 0.140. The third-order valence-electron chi connectivity index (χ3n) is 5.05. The molecule has 0 spiro atoms. The average Bonchev–Trinajstić information content (AvgIpc) is 2.75. The Bertz CT molecular complexity index is 980. The van der Waals surface area contributed by atoms with Gasteiger partial charge in [-0.05, 0) is 73.7 Å². The molecule has 3 rings (SSSR count). The van der Waals surface area contributed by atoms with Crippen molar-refractivity contribution in [3.05, 3.63) is 90.0 Å². The number of hydrogen-bond donors (Lipinski definition) is 0. The van der Waals surface area contributed by atoms with Gasteiger partial charge in [-0.1, -0.05) is 60.1 Å². The fourth-order valence-electron chi connectivity index (χ4n) is 3.34. The normalized spacial score (nSPS) is 12.9. The maximum Gasteiger partial charge on any atom is 0.387 e. The summed E-state index contributed by atoms with van der Waals surface area (Å²) in [5.41, 5.74) is 1.75. The third-order valence-corrected chi connectivity index (χ3v) is 6.05. The topological polar surface area (TPSA) is 9.23 Å². The Morgan fingerprint density at radius 1 is 0.967 bits per heavy atom. The molecule has 1 atom stereocenters. The zero-order valence-electron chi connectivity index (χ0n) is 16.9. The molecule has 4 heteroatoms. The molecule has 0 saturated carbocycles. The van der Waals surface area contributed by atoms with E-state index >= 15 is 0 Å². The van der Waals surface area contributed by atoms with Crippen LogP contribution in [0.2, 0.25) is 0 Å². The van der Waals surface area contributed by atoms with E-state index in [1.54, 1.807) is 36.0 Å². The monoisotopic (exact) mass is 422 g/mol. The first kappa shape index (κ1) is 21.9. The van der Waals surface area contributed by atoms with Crippen LogP contribution < -0.4 is 4.74 Å². The van der Waals surface area contributed by atoms with Crippen LogP contribution in [-0.2, 0) is 11.8 Å². The molecule has 0 aliphatic heterocycles. The Labute approximate surface area is 181 Å². The van der Waals surface area contributed by atoms with Crippen molar-refractivity contribution in [3.8, 4) is 18.1 Å². The second kappa shape index (κ2) is 10.3. The average molecular weight is 423 g/mol. The predicted molar refractivity (Wildman–Crippen MR) is 119 cm³/mol. The summed E-state index contributed by atoms with van der Waals surface area (Å²) in [6.45, 7) is -0.817. The van der Waals surface area contributed by atoms with Crippen molar-refractivity contribution in [2.45, 2.75) is 48.0 Å². The van der Waals surface area contributed by atoms with Gasteiger partial charge in [0.15, 0.2) is 0 Å². The number of benzene rings is 3. The SMILES string of the molecule is C#CC(C)(CCCc1cccc(Sc2ccccc2)c1)c1ccc(OC(F)F)cc1. The van der Waals surface area contributed by atoms with Crippen molar-refractivity contribution >= 4 is 11.8 Å². The standard InChI is InChI=1S/C26H24F2OS/c1-3-26(2,21-14-16-22(17-15-21)29-25(27)28)18-8-10-20-9-7-13-24(19-20)30-23-11-5-4-6-12-23/h1,4-7,9,11-17,19,25H,8,10,18H2,2H3. The van der Waals surface area contributed by atoms with Crippen molar-refractivity contribution in [3.63, 3.8) is 0 Å². The third kappa shape index (κ3) is 6.11. The van der Waals surface area contributed by atoms with E-state index in [0.29, 0.717) is 0 Å². The van der Waals surface area contributed by atoms with E-state index in [0.717, 1.165) is 24.8 Å². The Morgan fingerprint density at radius 3 is 2.33 bits per heavy atom. The highest BCUT2D eigenvalue weighted by atomic mass is 32.2. The lowest BCUT2D eigenvalue weighted by atomic mass is 9.78. The molecule has 3 aromatic rings. The van der Waals surface area contributed by atoms with Crippen LogP contribution in [0, 0.1) is 12.3 Å². The van der Waals surface area contributed by atoms with E-state index in [2.05, 4.69) is 47.1 Å². The lowest BCUT2D eigenvalue weighted by molar-refractivity contribution is -0.0498. The van der Waals surface area contributed by atoms with Crippen LogP contribution in [0.15, 0.2) is 88.7 Å². The van der Waals surface area contributed by atoms with Crippen LogP contribution in [0.5, 0.6) is 5.75 Å². The van der Waals surface area contributed by atoms with E-state index in [1.807, 2.05) is 25.1 Å². The van der Waals surface area contributed by atoms with Crippen LogP contribution in [-0.4, -0.2) is 6.61 Å². The molecule has 0 aliphatic carbocycles. The zero-order valence-corrected chi connectivity index (χ0v) is 17.7. The van der Waals surface area contributed by atoms with Crippen LogP contribution >= 0.6 is 11.8 Å². The summed E-state index contributed by atoms with van der Waals surface area (Å²) in [5, 5.41) is 0. The van der Waals surface area contributed by atoms with Gasteiger partial charge in [0.2, 0.25) is 0 Å². The Kier molecular flexibility index (Phi) is 7.54. The molecule has 0 N–H and O–H groups in total. The molecule has 1 unspecified atom stereocenters. The summed E-state index contributed by atoms with van der Waals surface area (Å²) in [7, 11) is 0. The fraction of sp³-hybridized carbons (Fsp3) is 0.231. The molecule has 0 heterocycles. The minimum atomic E-state index is -2.83. The largest absolute Gasteiger partial charge is 0.435 e. The van der Waals surface area contributed by atoms with E-state index in [4.69, 9.17) is 6.42 Å². The molecule has 154 valence electrons. The van der Waals surface area contributed by atoms with Crippen molar-refractivity contribution in [2.75, 3.05) is 0 Å². The highest BCUT2D eigenvalue weighted by Gasteiger charge is 2.23. The molecule has 0 aromatic heterocycles. The maximum absolute atomic E-state index is 12.3. The number of alkyl halides is 2. The van der Waals surface area contributed by atoms with Crippen LogP contribution in [0.25, 0.3) is 0 Å². The van der Waals surface area contributed by atoms with Crippen LogP contribution in [0.1, 0.15) is 30.9 Å². The quantitative estimate of drug-likeness (QED) is 0.333. The Morgan fingerprint density at radius 2 is 1.67 bits per heavy atom. The highest BCUT2D eigenvalue weighted by Crippen LogP contribution is 2.32. The first-order chi connectivity index (χ1) is 14.5. The predicted octanol–water partition coefficient (Wildman–Crippen LogP) is 7.35. The van der Waals surface area contributed by atoms with E-state index in [1.165, 1.54) is 15.4 Å². The van der Waals surface area contributed by atoms with Crippen molar-refractivity contribution < 1.29 is 13.5 Å². The van der Waals surface area contributed by atoms with Gasteiger partial charge in [-0.15, -0.1) is 6.42 Å². The van der Waals surface area contributed by atoms with E-state index < -0.39 is 12.0 Å². The molecule has 1 nitrogen and oxygen atoms in total. The Hall–Kier alpha value is -2.77.